The van der Waals surface area contributed by atoms with E-state index in [1.165, 1.54) is 5.57 Å². The molecule has 2 aromatic heterocycles. The van der Waals surface area contributed by atoms with Crippen molar-refractivity contribution in [3.8, 4) is 17.0 Å². The highest BCUT2D eigenvalue weighted by atomic mass is 19.1. The summed E-state index contributed by atoms with van der Waals surface area (Å²) in [6, 6.07) is 5.26. The number of benzene rings is 1. The Balaban J connectivity index is 1.61. The van der Waals surface area contributed by atoms with E-state index in [1.54, 1.807) is 37.5 Å². The largest absolute Gasteiger partial charge is 0.504 e. The lowest BCUT2D eigenvalue weighted by Crippen LogP contribution is -2.36. The molecule has 0 spiro atoms. The van der Waals surface area contributed by atoms with E-state index in [4.69, 9.17) is 4.74 Å². The van der Waals surface area contributed by atoms with Gasteiger partial charge in [-0.15, -0.1) is 10.2 Å². The van der Waals surface area contributed by atoms with Gasteiger partial charge >= 0.3 is 0 Å². The Morgan fingerprint density at radius 3 is 2.96 bits per heavy atom. The number of aryl methyl sites for hydroxylation is 1. The highest BCUT2D eigenvalue weighted by Crippen LogP contribution is 2.38. The van der Waals surface area contributed by atoms with E-state index < -0.39 is 11.6 Å². The van der Waals surface area contributed by atoms with Gasteiger partial charge in [0.1, 0.15) is 5.69 Å². The first-order valence-electron chi connectivity index (χ1n) is 9.25. The van der Waals surface area contributed by atoms with Gasteiger partial charge in [0.2, 0.25) is 0 Å². The Bertz CT molecular complexity index is 1120. The molecular weight excluding hydrogens is 359 g/mol. The molecule has 1 aliphatic carbocycles. The van der Waals surface area contributed by atoms with Crippen LogP contribution in [0.2, 0.25) is 0 Å². The predicted octanol–water partition coefficient (Wildman–Crippen LogP) is 3.60. The molecule has 0 amide bonds. The Morgan fingerprint density at radius 2 is 2.11 bits per heavy atom. The summed E-state index contributed by atoms with van der Waals surface area (Å²) < 4.78 is 19.8. The summed E-state index contributed by atoms with van der Waals surface area (Å²) in [5, 5.41) is 24.0. The molecule has 1 saturated heterocycles. The first-order chi connectivity index (χ1) is 13.6. The summed E-state index contributed by atoms with van der Waals surface area (Å²) >= 11 is 0. The number of nitrogens with one attached hydrogen (secondary N) is 1. The van der Waals surface area contributed by atoms with Gasteiger partial charge < -0.3 is 15.2 Å². The van der Waals surface area contributed by atoms with Crippen molar-refractivity contribution < 1.29 is 14.2 Å². The number of anilines is 1. The van der Waals surface area contributed by atoms with E-state index in [0.29, 0.717) is 35.2 Å². The number of halogens is 1. The smallest absolute Gasteiger partial charge is 0.168 e. The van der Waals surface area contributed by atoms with Crippen LogP contribution in [0.25, 0.3) is 22.0 Å². The van der Waals surface area contributed by atoms with Crippen LogP contribution in [0.3, 0.4) is 0 Å². The number of phenolic OH excluding ortho intramolecular Hbond substituents is 1. The number of allylic oxidation sites excluding steroid dienone is 1. The minimum Gasteiger partial charge on any atom is -0.504 e. The third-order valence-electron chi connectivity index (χ3n) is 5.59. The topological polar surface area (TPSA) is 80.2 Å². The predicted molar refractivity (Wildman–Crippen MR) is 104 cm³/mol. The van der Waals surface area contributed by atoms with Crippen molar-refractivity contribution in [3.63, 3.8) is 0 Å². The second-order valence-corrected chi connectivity index (χ2v) is 7.32. The maximum absolute atomic E-state index is 14.2. The maximum atomic E-state index is 14.2. The zero-order valence-corrected chi connectivity index (χ0v) is 15.3. The van der Waals surface area contributed by atoms with Gasteiger partial charge in [0.25, 0.3) is 0 Å². The van der Waals surface area contributed by atoms with Gasteiger partial charge in [-0.2, -0.15) is 0 Å². The van der Waals surface area contributed by atoms with Crippen LogP contribution in [0.1, 0.15) is 12.0 Å². The van der Waals surface area contributed by atoms with Crippen LogP contribution in [0.15, 0.2) is 42.2 Å². The number of phenols is 1. The molecule has 142 valence electrons. The molecule has 2 atom stereocenters. The van der Waals surface area contributed by atoms with Crippen LogP contribution in [-0.2, 0) is 4.74 Å². The van der Waals surface area contributed by atoms with Gasteiger partial charge in [-0.05, 0) is 36.6 Å². The molecular formula is C21H19FN4O2. The summed E-state index contributed by atoms with van der Waals surface area (Å²) in [5.41, 5.74) is 2.35. The van der Waals surface area contributed by atoms with Gasteiger partial charge in [0.15, 0.2) is 17.4 Å². The molecule has 7 heteroatoms. The van der Waals surface area contributed by atoms with Crippen molar-refractivity contribution in [3.05, 3.63) is 53.6 Å². The molecule has 1 aromatic carbocycles. The van der Waals surface area contributed by atoms with Gasteiger partial charge in [-0.1, -0.05) is 12.1 Å². The summed E-state index contributed by atoms with van der Waals surface area (Å²) in [6.07, 6.45) is 6.59. The fourth-order valence-electron chi connectivity index (χ4n) is 4.03. The minimum absolute atomic E-state index is 0.169. The van der Waals surface area contributed by atoms with Crippen molar-refractivity contribution in [1.82, 2.24) is 15.2 Å². The fourth-order valence-corrected chi connectivity index (χ4v) is 4.03. The van der Waals surface area contributed by atoms with Crippen molar-refractivity contribution in [2.24, 2.45) is 5.92 Å². The quantitative estimate of drug-likeness (QED) is 0.678. The highest BCUT2D eigenvalue weighted by molar-refractivity contribution is 6.00. The molecule has 6 nitrogen and oxygen atoms in total. The molecule has 3 aromatic rings. The Morgan fingerprint density at radius 1 is 1.21 bits per heavy atom. The summed E-state index contributed by atoms with van der Waals surface area (Å²) in [6.45, 7) is 2.96. The van der Waals surface area contributed by atoms with E-state index >= 15 is 0 Å². The number of hydrogen-bond donors (Lipinski definition) is 2. The van der Waals surface area contributed by atoms with Crippen LogP contribution in [-0.4, -0.2) is 39.5 Å². The van der Waals surface area contributed by atoms with Crippen LogP contribution in [0.4, 0.5) is 10.2 Å². The molecule has 2 N–H and O–H groups in total. The standard InChI is InChI=1S/C21H19FN4O2/c1-11-2-5-15(20(27)17(11)22)19-14-6-7-23-8-16(14)21(26-25-19)24-18-12-3-4-13(18)10-28-9-12/h2-3,5-8,13,18,27H,4,9-10H2,1H3,(H,24,26)/t13-,18-/m0/s1. The van der Waals surface area contributed by atoms with E-state index in [-0.39, 0.29) is 6.04 Å². The molecule has 28 heavy (non-hydrogen) atoms. The number of hydrogen-bond acceptors (Lipinski definition) is 6. The number of aromatic hydroxyl groups is 1. The van der Waals surface area contributed by atoms with Crippen LogP contribution in [0, 0.1) is 18.7 Å². The molecule has 0 radical (unpaired) electrons. The summed E-state index contributed by atoms with van der Waals surface area (Å²) in [4.78, 5) is 4.23. The van der Waals surface area contributed by atoms with Gasteiger partial charge in [0.05, 0.1) is 19.3 Å². The Labute approximate surface area is 161 Å². The molecule has 1 fully saturated rings. The number of aromatic nitrogens is 3. The van der Waals surface area contributed by atoms with Crippen molar-refractivity contribution in [1.29, 1.82) is 0 Å². The molecule has 0 unspecified atom stereocenters. The van der Waals surface area contributed by atoms with E-state index in [1.807, 2.05) is 0 Å². The molecule has 2 aliphatic rings. The number of ether oxygens (including phenoxy) is 1. The SMILES string of the molecule is Cc1ccc(-c2nnc(N[C@H]3C4=CC[C@H]3COC4)c3cnccc23)c(O)c1F. The van der Waals surface area contributed by atoms with Crippen LogP contribution >= 0.6 is 0 Å². The zero-order chi connectivity index (χ0) is 19.3. The van der Waals surface area contributed by atoms with E-state index in [2.05, 4.69) is 26.6 Å². The average Bonchev–Trinajstić information content (AvgIpc) is 2.93. The first-order valence-corrected chi connectivity index (χ1v) is 9.25. The number of rotatable bonds is 3. The fraction of sp³-hybridized carbons (Fsp3) is 0.286. The van der Waals surface area contributed by atoms with Crippen LogP contribution < -0.4 is 5.32 Å². The lowest BCUT2D eigenvalue weighted by Gasteiger charge is -2.29. The lowest BCUT2D eigenvalue weighted by atomic mass is 9.97. The molecule has 1 aliphatic heterocycles. The van der Waals surface area contributed by atoms with Crippen molar-refractivity contribution in [2.45, 2.75) is 19.4 Å². The minimum atomic E-state index is -0.644. The van der Waals surface area contributed by atoms with Crippen molar-refractivity contribution >= 4 is 16.6 Å². The monoisotopic (exact) mass is 378 g/mol. The third-order valence-corrected chi connectivity index (χ3v) is 5.59. The second-order valence-electron chi connectivity index (χ2n) is 7.32. The zero-order valence-electron chi connectivity index (χ0n) is 15.3. The number of pyridine rings is 1. The lowest BCUT2D eigenvalue weighted by molar-refractivity contribution is 0.0925. The number of fused-ring (bicyclic) bond motifs is 3. The Kier molecular flexibility index (Phi) is 3.98. The van der Waals surface area contributed by atoms with Gasteiger partial charge in [0, 0.05) is 34.6 Å². The van der Waals surface area contributed by atoms with E-state index in [9.17, 15) is 9.50 Å². The summed E-state index contributed by atoms with van der Waals surface area (Å²) in [5.74, 6) is -0.0500. The third kappa shape index (κ3) is 2.62. The van der Waals surface area contributed by atoms with E-state index in [0.717, 1.165) is 23.8 Å². The van der Waals surface area contributed by atoms with Gasteiger partial charge in [-0.3, -0.25) is 4.98 Å². The average molecular weight is 378 g/mol. The van der Waals surface area contributed by atoms with Gasteiger partial charge in [-0.25, -0.2) is 4.39 Å². The summed E-state index contributed by atoms with van der Waals surface area (Å²) in [7, 11) is 0. The van der Waals surface area contributed by atoms with Crippen molar-refractivity contribution in [2.75, 3.05) is 18.5 Å². The van der Waals surface area contributed by atoms with Crippen LogP contribution in [0.5, 0.6) is 5.75 Å². The molecule has 5 rings (SSSR count). The normalized spacial score (nSPS) is 21.0. The highest BCUT2D eigenvalue weighted by Gasteiger charge is 2.34. The first kappa shape index (κ1) is 17.1. The molecule has 3 heterocycles. The Hall–Kier alpha value is -3.06. The molecule has 0 saturated carbocycles. The molecule has 2 bridgehead atoms. The second kappa shape index (κ2) is 6.53. The maximum Gasteiger partial charge on any atom is 0.168 e. The number of nitrogens with zero attached hydrogens (tertiary/aromatic N) is 3.